The van der Waals surface area contributed by atoms with Crippen LogP contribution >= 0.6 is 11.6 Å². The highest BCUT2D eigenvalue weighted by Gasteiger charge is 2.25. The fourth-order valence-corrected chi connectivity index (χ4v) is 3.22. The fraction of sp³-hybridized carbons (Fsp3) is 0.368. The predicted octanol–water partition coefficient (Wildman–Crippen LogP) is 3.26. The Hall–Kier alpha value is -1.91. The van der Waals surface area contributed by atoms with Crippen LogP contribution in [-0.2, 0) is 17.9 Å². The molecule has 1 N–H and O–H groups in total. The number of aromatic nitrogens is 1. The molecule has 5 heteroatoms. The van der Waals surface area contributed by atoms with E-state index in [1.54, 1.807) is 12.4 Å². The van der Waals surface area contributed by atoms with Crippen LogP contribution in [0.2, 0.25) is 5.02 Å². The van der Waals surface area contributed by atoms with Crippen LogP contribution < -0.4 is 5.32 Å². The van der Waals surface area contributed by atoms with Gasteiger partial charge in [0.2, 0.25) is 5.91 Å². The topological polar surface area (TPSA) is 45.2 Å². The molecule has 1 aliphatic heterocycles. The van der Waals surface area contributed by atoms with Gasteiger partial charge in [0.25, 0.3) is 0 Å². The summed E-state index contributed by atoms with van der Waals surface area (Å²) in [7, 11) is 0. The van der Waals surface area contributed by atoms with E-state index in [4.69, 9.17) is 11.6 Å². The third-order valence-corrected chi connectivity index (χ3v) is 4.66. The lowest BCUT2D eigenvalue weighted by atomic mass is 9.96. The maximum atomic E-state index is 12.4. The predicted molar refractivity (Wildman–Crippen MR) is 95.5 cm³/mol. The van der Waals surface area contributed by atoms with Crippen molar-refractivity contribution in [1.82, 2.24) is 15.2 Å². The molecule has 1 saturated heterocycles. The maximum absolute atomic E-state index is 12.4. The average molecular weight is 344 g/mol. The zero-order chi connectivity index (χ0) is 16.8. The van der Waals surface area contributed by atoms with Gasteiger partial charge in [0.05, 0.1) is 5.92 Å². The molecule has 0 spiro atoms. The van der Waals surface area contributed by atoms with Gasteiger partial charge in [0.1, 0.15) is 0 Å². The highest BCUT2D eigenvalue weighted by Crippen LogP contribution is 2.20. The van der Waals surface area contributed by atoms with Crippen molar-refractivity contribution < 1.29 is 4.79 Å². The zero-order valence-corrected chi connectivity index (χ0v) is 14.4. The van der Waals surface area contributed by atoms with Gasteiger partial charge in [0.15, 0.2) is 0 Å². The molecule has 4 nitrogen and oxygen atoms in total. The smallest absolute Gasteiger partial charge is 0.224 e. The van der Waals surface area contributed by atoms with Crippen LogP contribution in [0.4, 0.5) is 0 Å². The number of likely N-dealkylation sites (tertiary alicyclic amines) is 1. The number of nitrogens with zero attached hydrogens (tertiary/aromatic N) is 2. The molecule has 126 valence electrons. The summed E-state index contributed by atoms with van der Waals surface area (Å²) >= 11 is 5.93. The van der Waals surface area contributed by atoms with Crippen LogP contribution in [0.1, 0.15) is 24.0 Å². The highest BCUT2D eigenvalue weighted by molar-refractivity contribution is 6.30. The van der Waals surface area contributed by atoms with Crippen molar-refractivity contribution in [2.75, 3.05) is 13.1 Å². The molecule has 1 atom stereocenters. The number of piperidine rings is 1. The number of amides is 1. The minimum absolute atomic E-state index is 0.0629. The average Bonchev–Trinajstić information content (AvgIpc) is 2.63. The SMILES string of the molecule is O=C(NCc1ccncc1)C1CCCN(Cc2ccc(Cl)cc2)C1. The van der Waals surface area contributed by atoms with Gasteiger partial charge in [-0.2, -0.15) is 0 Å². The van der Waals surface area contributed by atoms with Gasteiger partial charge in [-0.15, -0.1) is 0 Å². The Kier molecular flexibility index (Phi) is 5.83. The lowest BCUT2D eigenvalue weighted by Gasteiger charge is -2.32. The van der Waals surface area contributed by atoms with Crippen molar-refractivity contribution in [1.29, 1.82) is 0 Å². The van der Waals surface area contributed by atoms with E-state index in [9.17, 15) is 4.79 Å². The van der Waals surface area contributed by atoms with Gasteiger partial charge >= 0.3 is 0 Å². The summed E-state index contributed by atoms with van der Waals surface area (Å²) in [6.45, 7) is 3.28. The lowest BCUT2D eigenvalue weighted by molar-refractivity contribution is -0.126. The van der Waals surface area contributed by atoms with Gasteiger partial charge in [-0.3, -0.25) is 14.7 Å². The van der Waals surface area contributed by atoms with E-state index >= 15 is 0 Å². The maximum Gasteiger partial charge on any atom is 0.224 e. The summed E-state index contributed by atoms with van der Waals surface area (Å²) in [4.78, 5) is 18.8. The fourth-order valence-electron chi connectivity index (χ4n) is 3.10. The molecule has 0 bridgehead atoms. The normalized spacial score (nSPS) is 18.3. The van der Waals surface area contributed by atoms with Crippen molar-refractivity contribution >= 4 is 17.5 Å². The van der Waals surface area contributed by atoms with Crippen molar-refractivity contribution in [2.24, 2.45) is 5.92 Å². The van der Waals surface area contributed by atoms with Gasteiger partial charge in [-0.25, -0.2) is 0 Å². The van der Waals surface area contributed by atoms with Gasteiger partial charge in [-0.05, 0) is 54.8 Å². The van der Waals surface area contributed by atoms with Crippen LogP contribution in [0.25, 0.3) is 0 Å². The Morgan fingerprint density at radius 3 is 2.67 bits per heavy atom. The third kappa shape index (κ3) is 4.79. The molecule has 1 amide bonds. The van der Waals surface area contributed by atoms with Crippen molar-refractivity contribution in [2.45, 2.75) is 25.9 Å². The Morgan fingerprint density at radius 1 is 1.17 bits per heavy atom. The third-order valence-electron chi connectivity index (χ3n) is 4.41. The Bertz CT molecular complexity index is 660. The number of nitrogens with one attached hydrogen (secondary N) is 1. The Balaban J connectivity index is 1.51. The molecule has 1 unspecified atom stereocenters. The van der Waals surface area contributed by atoms with E-state index in [1.165, 1.54) is 5.56 Å². The van der Waals surface area contributed by atoms with Crippen molar-refractivity contribution in [3.63, 3.8) is 0 Å². The molecule has 0 saturated carbocycles. The highest BCUT2D eigenvalue weighted by atomic mass is 35.5. The van der Waals surface area contributed by atoms with Crippen LogP contribution in [0, 0.1) is 5.92 Å². The van der Waals surface area contributed by atoms with E-state index in [-0.39, 0.29) is 11.8 Å². The minimum atomic E-state index is 0.0629. The second kappa shape index (κ2) is 8.27. The second-order valence-corrected chi connectivity index (χ2v) is 6.71. The number of carbonyl (C=O) groups is 1. The number of carbonyl (C=O) groups excluding carboxylic acids is 1. The second-order valence-electron chi connectivity index (χ2n) is 6.27. The van der Waals surface area contributed by atoms with Gasteiger partial charge in [-0.1, -0.05) is 23.7 Å². The van der Waals surface area contributed by atoms with Crippen molar-refractivity contribution in [3.05, 3.63) is 64.9 Å². The Morgan fingerprint density at radius 2 is 1.92 bits per heavy atom. The van der Waals surface area contributed by atoms with Crippen molar-refractivity contribution in [3.8, 4) is 0 Å². The molecule has 1 aromatic heterocycles. The van der Waals surface area contributed by atoms with Gasteiger partial charge < -0.3 is 5.32 Å². The largest absolute Gasteiger partial charge is 0.352 e. The van der Waals surface area contributed by atoms with Crippen LogP contribution in [0.15, 0.2) is 48.8 Å². The molecule has 1 fully saturated rings. The number of hydrogen-bond donors (Lipinski definition) is 1. The number of benzene rings is 1. The number of pyridine rings is 1. The minimum Gasteiger partial charge on any atom is -0.352 e. The first-order valence-electron chi connectivity index (χ1n) is 8.34. The molecular formula is C19H22ClN3O. The number of halogens is 1. The van der Waals surface area contributed by atoms with E-state index in [1.807, 2.05) is 24.3 Å². The van der Waals surface area contributed by atoms with Crippen LogP contribution in [-0.4, -0.2) is 28.9 Å². The summed E-state index contributed by atoms with van der Waals surface area (Å²) in [6.07, 6.45) is 5.51. The van der Waals surface area contributed by atoms with Crippen LogP contribution in [0.3, 0.4) is 0 Å². The first-order chi connectivity index (χ1) is 11.7. The first kappa shape index (κ1) is 16.9. The van der Waals surface area contributed by atoms with Gasteiger partial charge in [0, 0.05) is 37.1 Å². The molecule has 0 aliphatic carbocycles. The Labute approximate surface area is 147 Å². The quantitative estimate of drug-likeness (QED) is 0.906. The first-order valence-corrected chi connectivity index (χ1v) is 8.72. The molecule has 2 heterocycles. The molecular weight excluding hydrogens is 322 g/mol. The summed E-state index contributed by atoms with van der Waals surface area (Å²) < 4.78 is 0. The molecule has 1 aliphatic rings. The molecule has 2 aromatic rings. The van der Waals surface area contributed by atoms with E-state index in [0.29, 0.717) is 6.54 Å². The van der Waals surface area contributed by atoms with Crippen LogP contribution in [0.5, 0.6) is 0 Å². The lowest BCUT2D eigenvalue weighted by Crippen LogP contribution is -2.42. The summed E-state index contributed by atoms with van der Waals surface area (Å²) in [5.74, 6) is 0.209. The zero-order valence-electron chi connectivity index (χ0n) is 13.6. The standard InChI is InChI=1S/C19H22ClN3O/c20-18-5-3-16(4-6-18)13-23-11-1-2-17(14-23)19(24)22-12-15-7-9-21-10-8-15/h3-10,17H,1-2,11-14H2,(H,22,24). The summed E-state index contributed by atoms with van der Waals surface area (Å²) in [5.41, 5.74) is 2.31. The van der Waals surface area contributed by atoms with E-state index in [2.05, 4.69) is 27.3 Å². The van der Waals surface area contributed by atoms with E-state index < -0.39 is 0 Å². The molecule has 24 heavy (non-hydrogen) atoms. The molecule has 1 aromatic carbocycles. The summed E-state index contributed by atoms with van der Waals surface area (Å²) in [5, 5.41) is 3.81. The van der Waals surface area contributed by atoms with E-state index in [0.717, 1.165) is 43.1 Å². The number of rotatable bonds is 5. The monoisotopic (exact) mass is 343 g/mol. The number of hydrogen-bond acceptors (Lipinski definition) is 3. The molecule has 0 radical (unpaired) electrons. The molecule has 3 rings (SSSR count). The summed E-state index contributed by atoms with van der Waals surface area (Å²) in [6, 6.07) is 11.8.